The number of primary amides is 1. The van der Waals surface area contributed by atoms with E-state index in [1.165, 1.54) is 11.9 Å². The number of aryl methyl sites for hydroxylation is 2. The quantitative estimate of drug-likeness (QED) is 0.460. The first kappa shape index (κ1) is 27.9. The molecule has 0 radical (unpaired) electrons. The van der Waals surface area contributed by atoms with Gasteiger partial charge in [0.25, 0.3) is 0 Å². The van der Waals surface area contributed by atoms with Gasteiger partial charge in [-0.15, -0.1) is 0 Å². The molecule has 9 heteroatoms. The van der Waals surface area contributed by atoms with Crippen LogP contribution in [0.25, 0.3) is 0 Å². The number of carbonyl (C=O) groups excluding carboxylic acids is 4. The summed E-state index contributed by atoms with van der Waals surface area (Å²) in [6.07, 6.45) is 0.419. The van der Waals surface area contributed by atoms with E-state index in [9.17, 15) is 19.2 Å². The highest BCUT2D eigenvalue weighted by Gasteiger charge is 2.36. The molecule has 1 rings (SSSR count). The van der Waals surface area contributed by atoms with Gasteiger partial charge in [-0.2, -0.15) is 0 Å². The van der Waals surface area contributed by atoms with Crippen molar-refractivity contribution in [2.24, 2.45) is 5.73 Å². The molecule has 2 atom stereocenters. The van der Waals surface area contributed by atoms with E-state index in [-0.39, 0.29) is 5.91 Å². The fraction of sp³-hybridized carbons (Fsp3) is 0.583. The van der Waals surface area contributed by atoms with E-state index in [4.69, 9.17) is 10.5 Å². The number of amides is 4. The van der Waals surface area contributed by atoms with Gasteiger partial charge in [-0.3, -0.25) is 14.4 Å². The lowest BCUT2D eigenvalue weighted by atomic mass is 9.94. The number of benzene rings is 1. The molecule has 0 heterocycles. The number of hydrogen-bond donors (Lipinski definition) is 3. The molecule has 0 saturated heterocycles. The van der Waals surface area contributed by atoms with Crippen LogP contribution in [0.15, 0.2) is 18.2 Å². The Labute approximate surface area is 196 Å². The minimum absolute atomic E-state index is 0.341. The van der Waals surface area contributed by atoms with E-state index in [0.717, 1.165) is 24.0 Å². The summed E-state index contributed by atoms with van der Waals surface area (Å²) in [6, 6.07) is 3.38. The summed E-state index contributed by atoms with van der Waals surface area (Å²) >= 11 is 0. The van der Waals surface area contributed by atoms with Gasteiger partial charge in [0.05, 0.1) is 6.42 Å². The number of nitrogens with one attached hydrogen (secondary N) is 2. The smallest absolute Gasteiger partial charge is 0.408 e. The zero-order valence-electron chi connectivity index (χ0n) is 20.8. The van der Waals surface area contributed by atoms with Crippen molar-refractivity contribution in [3.63, 3.8) is 0 Å². The van der Waals surface area contributed by atoms with Gasteiger partial charge in [-0.05, 0) is 57.7 Å². The number of rotatable bonds is 10. The predicted molar refractivity (Wildman–Crippen MR) is 126 cm³/mol. The second-order valence-electron chi connectivity index (χ2n) is 9.17. The van der Waals surface area contributed by atoms with Gasteiger partial charge in [-0.1, -0.05) is 31.5 Å². The minimum atomic E-state index is -1.28. The number of likely N-dealkylation sites (N-methyl/N-ethyl adjacent to an activating group) is 1. The first-order valence-corrected chi connectivity index (χ1v) is 11.2. The van der Waals surface area contributed by atoms with Crippen LogP contribution >= 0.6 is 0 Å². The highest BCUT2D eigenvalue weighted by Crippen LogP contribution is 2.27. The Hall–Kier alpha value is -3.10. The van der Waals surface area contributed by atoms with E-state index < -0.39 is 42.0 Å². The molecule has 0 bridgehead atoms. The summed E-state index contributed by atoms with van der Waals surface area (Å²) in [5.74, 6) is -1.74. The van der Waals surface area contributed by atoms with Crippen molar-refractivity contribution >= 4 is 23.8 Å². The molecule has 9 nitrogen and oxygen atoms in total. The zero-order valence-corrected chi connectivity index (χ0v) is 20.8. The van der Waals surface area contributed by atoms with Gasteiger partial charge in [0.15, 0.2) is 0 Å². The number of carbonyl (C=O) groups is 4. The molecule has 33 heavy (non-hydrogen) atoms. The van der Waals surface area contributed by atoms with E-state index in [0.29, 0.717) is 12.1 Å². The maximum absolute atomic E-state index is 13.4. The summed E-state index contributed by atoms with van der Waals surface area (Å²) in [7, 11) is 1.48. The molecule has 0 aliphatic carbocycles. The van der Waals surface area contributed by atoms with Gasteiger partial charge < -0.3 is 26.0 Å². The van der Waals surface area contributed by atoms with Crippen molar-refractivity contribution < 1.29 is 23.9 Å². The molecular weight excluding hydrogens is 424 g/mol. The van der Waals surface area contributed by atoms with E-state index in [2.05, 4.69) is 10.6 Å². The summed E-state index contributed by atoms with van der Waals surface area (Å²) in [4.78, 5) is 51.8. The van der Waals surface area contributed by atoms with Crippen LogP contribution in [0.1, 0.15) is 69.7 Å². The number of unbranched alkanes of at least 4 members (excludes halogenated alkanes) is 1. The Kier molecular flexibility index (Phi) is 10.3. The van der Waals surface area contributed by atoms with Crippen molar-refractivity contribution in [1.82, 2.24) is 15.5 Å². The lowest BCUT2D eigenvalue weighted by Crippen LogP contribution is -2.53. The topological polar surface area (TPSA) is 131 Å². The van der Waals surface area contributed by atoms with E-state index in [1.54, 1.807) is 20.8 Å². The van der Waals surface area contributed by atoms with Gasteiger partial charge in [0, 0.05) is 13.6 Å². The van der Waals surface area contributed by atoms with Gasteiger partial charge in [0.2, 0.25) is 17.7 Å². The van der Waals surface area contributed by atoms with Crippen LogP contribution in [0, 0.1) is 13.8 Å². The van der Waals surface area contributed by atoms with Gasteiger partial charge >= 0.3 is 6.09 Å². The first-order chi connectivity index (χ1) is 15.3. The number of nitrogens with zero attached hydrogens (tertiary/aromatic N) is 1. The van der Waals surface area contributed by atoms with Gasteiger partial charge in [0.1, 0.15) is 17.7 Å². The van der Waals surface area contributed by atoms with Crippen LogP contribution in [0.2, 0.25) is 0 Å². The average Bonchev–Trinajstić information content (AvgIpc) is 2.67. The van der Waals surface area contributed by atoms with E-state index >= 15 is 0 Å². The standard InChI is InChI=1S/C24H38N4O5/c1-8-9-13-26-21(30)20(19-15(2)11-10-12-16(19)3)28(7)22(31)17(14-18(25)29)27-23(32)33-24(4,5)6/h10-12,17,20H,8-9,13-14H2,1-7H3,(H2,25,29)(H,26,30)(H,27,32). The number of ether oxygens (including phenoxy) is 1. The summed E-state index contributed by atoms with van der Waals surface area (Å²) < 4.78 is 5.22. The summed E-state index contributed by atoms with van der Waals surface area (Å²) in [5.41, 5.74) is 6.91. The van der Waals surface area contributed by atoms with Crippen LogP contribution < -0.4 is 16.4 Å². The maximum Gasteiger partial charge on any atom is 0.408 e. The Bertz CT molecular complexity index is 843. The average molecular weight is 463 g/mol. The van der Waals surface area contributed by atoms with Crippen molar-refractivity contribution in [2.45, 2.75) is 78.5 Å². The fourth-order valence-corrected chi connectivity index (χ4v) is 3.47. The van der Waals surface area contributed by atoms with Gasteiger partial charge in [-0.25, -0.2) is 4.79 Å². The molecule has 0 aromatic heterocycles. The highest BCUT2D eigenvalue weighted by atomic mass is 16.6. The fourth-order valence-electron chi connectivity index (χ4n) is 3.47. The van der Waals surface area contributed by atoms with E-state index in [1.807, 2.05) is 39.0 Å². The molecule has 0 spiro atoms. The van der Waals surface area contributed by atoms with Crippen molar-refractivity contribution in [3.8, 4) is 0 Å². The van der Waals surface area contributed by atoms with Crippen LogP contribution in [0.5, 0.6) is 0 Å². The molecule has 184 valence electrons. The molecule has 0 fully saturated rings. The monoisotopic (exact) mass is 462 g/mol. The molecule has 0 aliphatic heterocycles. The third-order valence-corrected chi connectivity index (χ3v) is 5.02. The van der Waals surface area contributed by atoms with Crippen molar-refractivity contribution in [1.29, 1.82) is 0 Å². The Morgan fingerprint density at radius 3 is 2.18 bits per heavy atom. The van der Waals surface area contributed by atoms with Crippen LogP contribution in [-0.2, 0) is 19.1 Å². The zero-order chi connectivity index (χ0) is 25.3. The van der Waals surface area contributed by atoms with Crippen LogP contribution in [-0.4, -0.2) is 54.0 Å². The Morgan fingerprint density at radius 2 is 1.70 bits per heavy atom. The largest absolute Gasteiger partial charge is 0.444 e. The number of hydrogen-bond acceptors (Lipinski definition) is 5. The minimum Gasteiger partial charge on any atom is -0.444 e. The first-order valence-electron chi connectivity index (χ1n) is 11.2. The SMILES string of the molecule is CCCCNC(=O)C(c1c(C)cccc1C)N(C)C(=O)C(CC(N)=O)NC(=O)OC(C)(C)C. The normalized spacial score (nSPS) is 12.9. The summed E-state index contributed by atoms with van der Waals surface area (Å²) in [6.45, 7) is 11.3. The molecule has 2 unspecified atom stereocenters. The third kappa shape index (κ3) is 8.75. The van der Waals surface area contributed by atoms with Crippen molar-refractivity contribution in [3.05, 3.63) is 34.9 Å². The Morgan fingerprint density at radius 1 is 1.12 bits per heavy atom. The maximum atomic E-state index is 13.4. The molecule has 0 saturated carbocycles. The Balaban J connectivity index is 3.31. The number of nitrogens with two attached hydrogens (primary N) is 1. The molecule has 1 aromatic carbocycles. The second-order valence-corrected chi connectivity index (χ2v) is 9.17. The molecule has 4 amide bonds. The lowest BCUT2D eigenvalue weighted by molar-refractivity contribution is -0.141. The second kappa shape index (κ2) is 12.2. The van der Waals surface area contributed by atoms with Crippen LogP contribution in [0.4, 0.5) is 4.79 Å². The van der Waals surface area contributed by atoms with Crippen molar-refractivity contribution in [2.75, 3.05) is 13.6 Å². The molecule has 4 N–H and O–H groups in total. The number of alkyl carbamates (subject to hydrolysis) is 1. The molecule has 1 aromatic rings. The third-order valence-electron chi connectivity index (χ3n) is 5.02. The highest BCUT2D eigenvalue weighted by molar-refractivity contribution is 5.94. The lowest BCUT2D eigenvalue weighted by Gasteiger charge is -2.32. The molecular formula is C24H38N4O5. The summed E-state index contributed by atoms with van der Waals surface area (Å²) in [5, 5.41) is 5.31. The predicted octanol–water partition coefficient (Wildman–Crippen LogP) is 2.49. The van der Waals surface area contributed by atoms with Crippen LogP contribution in [0.3, 0.4) is 0 Å². The molecule has 0 aliphatic rings.